The lowest BCUT2D eigenvalue weighted by Crippen LogP contribution is -2.35. The maximum Gasteiger partial charge on any atom is 0.127 e. The molecule has 0 bridgehead atoms. The molecule has 2 atom stereocenters. The maximum absolute atomic E-state index is 14.7. The average Bonchev–Trinajstić information content (AvgIpc) is 3.05. The molecule has 3 rings (SSSR count). The number of nitrogens with two attached hydrogens (primary N) is 1. The number of hydrogen-bond donors (Lipinski definition) is 2. The topological polar surface area (TPSA) is 54.2 Å². The van der Waals surface area contributed by atoms with Gasteiger partial charge >= 0.3 is 0 Å². The van der Waals surface area contributed by atoms with E-state index in [-0.39, 0.29) is 23.8 Å². The van der Waals surface area contributed by atoms with Gasteiger partial charge in [-0.25, -0.2) is 9.37 Å². The van der Waals surface area contributed by atoms with Crippen LogP contribution in [0.1, 0.15) is 55.3 Å². The second-order valence-corrected chi connectivity index (χ2v) is 7.69. The van der Waals surface area contributed by atoms with Gasteiger partial charge in [-0.15, -0.1) is 0 Å². The van der Waals surface area contributed by atoms with Crippen LogP contribution >= 0.6 is 0 Å². The lowest BCUT2D eigenvalue weighted by molar-refractivity contribution is 0.331. The molecular weight excluding hydrogens is 339 g/mol. The summed E-state index contributed by atoms with van der Waals surface area (Å²) in [7, 11) is 2.11. The number of likely N-dealkylation sites (N-methyl/N-ethyl adjacent to an activating group) is 1. The van der Waals surface area contributed by atoms with Crippen molar-refractivity contribution in [1.29, 1.82) is 0 Å². The monoisotopic (exact) mass is 368 g/mol. The van der Waals surface area contributed by atoms with Crippen LogP contribution in [0, 0.1) is 5.82 Å². The zero-order chi connectivity index (χ0) is 19.6. The van der Waals surface area contributed by atoms with E-state index >= 15 is 0 Å². The van der Waals surface area contributed by atoms with E-state index in [0.29, 0.717) is 5.82 Å². The quantitative estimate of drug-likeness (QED) is 0.802. The van der Waals surface area contributed by atoms with Gasteiger partial charge in [0.05, 0.1) is 6.04 Å². The molecule has 27 heavy (non-hydrogen) atoms. The molecule has 1 aromatic carbocycles. The third kappa shape index (κ3) is 4.30. The summed E-state index contributed by atoms with van der Waals surface area (Å²) in [6.07, 6.45) is 3.92. The smallest absolute Gasteiger partial charge is 0.127 e. The van der Waals surface area contributed by atoms with E-state index in [1.807, 2.05) is 38.1 Å². The number of nitrogens with one attached hydrogen (secondary N) is 1. The Hall–Kier alpha value is -2.40. The highest BCUT2D eigenvalue weighted by atomic mass is 19.1. The van der Waals surface area contributed by atoms with E-state index in [4.69, 9.17) is 5.73 Å². The molecule has 1 fully saturated rings. The van der Waals surface area contributed by atoms with Gasteiger partial charge in [0.1, 0.15) is 11.6 Å². The number of likely N-dealkylation sites (tertiary alicyclic amines) is 1. The summed E-state index contributed by atoms with van der Waals surface area (Å²) in [6, 6.07) is 9.27. The summed E-state index contributed by atoms with van der Waals surface area (Å²) in [5.41, 5.74) is 9.37. The summed E-state index contributed by atoms with van der Waals surface area (Å²) >= 11 is 0. The first-order valence-corrected chi connectivity index (χ1v) is 9.53. The Bertz CT molecular complexity index is 818. The van der Waals surface area contributed by atoms with E-state index in [1.54, 1.807) is 12.3 Å². The van der Waals surface area contributed by atoms with Gasteiger partial charge in [-0.05, 0) is 67.2 Å². The Morgan fingerprint density at radius 2 is 2.04 bits per heavy atom. The van der Waals surface area contributed by atoms with Gasteiger partial charge in [0.25, 0.3) is 0 Å². The van der Waals surface area contributed by atoms with Crippen molar-refractivity contribution < 1.29 is 4.39 Å². The van der Waals surface area contributed by atoms with Crippen molar-refractivity contribution in [3.8, 4) is 0 Å². The van der Waals surface area contributed by atoms with Crippen molar-refractivity contribution in [2.45, 2.75) is 44.7 Å². The van der Waals surface area contributed by atoms with E-state index < -0.39 is 0 Å². The molecule has 0 radical (unpaired) electrons. The van der Waals surface area contributed by atoms with Gasteiger partial charge in [0, 0.05) is 17.9 Å². The Morgan fingerprint density at radius 1 is 1.30 bits per heavy atom. The number of benzene rings is 1. The second kappa shape index (κ2) is 8.09. The number of halogens is 1. The standard InChI is InChI=1S/C22H29FN4/c1-14(2)18-8-7-16(12-19(18)23)22(17-9-10-25-21(24)13-17)26-15(3)20-6-5-11-27(20)4/h7-10,12-14,20,22,26H,3,5-6,11H2,1-2,4H3,(H2,24,25). The van der Waals surface area contributed by atoms with Gasteiger partial charge in [-0.2, -0.15) is 0 Å². The van der Waals surface area contributed by atoms with Gasteiger partial charge < -0.3 is 11.1 Å². The maximum atomic E-state index is 14.7. The lowest BCUT2D eigenvalue weighted by atomic mass is 9.94. The number of hydrogen-bond acceptors (Lipinski definition) is 4. The molecule has 5 heteroatoms. The molecule has 2 unspecified atom stereocenters. The minimum absolute atomic E-state index is 0.143. The predicted octanol–water partition coefficient (Wildman–Crippen LogP) is 4.21. The lowest BCUT2D eigenvalue weighted by Gasteiger charge is -2.28. The Balaban J connectivity index is 1.95. The van der Waals surface area contributed by atoms with E-state index in [9.17, 15) is 4.39 Å². The Morgan fingerprint density at radius 3 is 2.63 bits per heavy atom. The largest absolute Gasteiger partial charge is 0.384 e. The molecule has 2 aromatic rings. The van der Waals surface area contributed by atoms with Crippen LogP contribution < -0.4 is 11.1 Å². The molecule has 0 saturated carbocycles. The minimum atomic E-state index is -0.229. The fraction of sp³-hybridized carbons (Fsp3) is 0.409. The van der Waals surface area contributed by atoms with Crippen LogP contribution in [0.3, 0.4) is 0 Å². The highest BCUT2D eigenvalue weighted by molar-refractivity contribution is 5.40. The van der Waals surface area contributed by atoms with Crippen LogP contribution in [0.15, 0.2) is 48.8 Å². The highest BCUT2D eigenvalue weighted by Crippen LogP contribution is 2.29. The van der Waals surface area contributed by atoms with Crippen molar-refractivity contribution >= 4 is 5.82 Å². The average molecular weight is 369 g/mol. The highest BCUT2D eigenvalue weighted by Gasteiger charge is 2.26. The van der Waals surface area contributed by atoms with E-state index in [0.717, 1.165) is 41.8 Å². The molecule has 1 aromatic heterocycles. The summed E-state index contributed by atoms with van der Waals surface area (Å²) in [5, 5.41) is 3.54. The third-order valence-corrected chi connectivity index (χ3v) is 5.37. The fourth-order valence-corrected chi connectivity index (χ4v) is 3.83. The van der Waals surface area contributed by atoms with Crippen molar-refractivity contribution in [2.24, 2.45) is 0 Å². The molecular formula is C22H29FN4. The predicted molar refractivity (Wildman–Crippen MR) is 109 cm³/mol. The first kappa shape index (κ1) is 19.4. The molecule has 144 valence electrons. The molecule has 4 nitrogen and oxygen atoms in total. The zero-order valence-electron chi connectivity index (χ0n) is 16.4. The SMILES string of the molecule is C=C(NC(c1ccnc(N)c1)c1ccc(C(C)C)c(F)c1)C1CCCN1C. The summed E-state index contributed by atoms with van der Waals surface area (Å²) in [4.78, 5) is 6.39. The van der Waals surface area contributed by atoms with E-state index in [2.05, 4.69) is 28.8 Å². The molecule has 3 N–H and O–H groups in total. The normalized spacial score (nSPS) is 18.6. The first-order valence-electron chi connectivity index (χ1n) is 9.53. The zero-order valence-corrected chi connectivity index (χ0v) is 16.4. The fourth-order valence-electron chi connectivity index (χ4n) is 3.83. The number of aromatic nitrogens is 1. The Labute approximate surface area is 161 Å². The van der Waals surface area contributed by atoms with Gasteiger partial charge in [0.2, 0.25) is 0 Å². The van der Waals surface area contributed by atoms with Crippen LogP contribution in [0.5, 0.6) is 0 Å². The molecule has 2 heterocycles. The molecule has 0 amide bonds. The molecule has 0 aliphatic carbocycles. The summed E-state index contributed by atoms with van der Waals surface area (Å²) < 4.78 is 14.7. The van der Waals surface area contributed by atoms with Crippen LogP contribution in [0.4, 0.5) is 10.2 Å². The van der Waals surface area contributed by atoms with Gasteiger partial charge in [-0.1, -0.05) is 32.6 Å². The molecule has 1 aliphatic rings. The van der Waals surface area contributed by atoms with Crippen molar-refractivity contribution in [1.82, 2.24) is 15.2 Å². The summed E-state index contributed by atoms with van der Waals surface area (Å²) in [5.74, 6) is 0.409. The van der Waals surface area contributed by atoms with Crippen molar-refractivity contribution in [3.05, 3.63) is 71.3 Å². The van der Waals surface area contributed by atoms with Crippen molar-refractivity contribution in [3.63, 3.8) is 0 Å². The van der Waals surface area contributed by atoms with Crippen LogP contribution in [0.2, 0.25) is 0 Å². The summed E-state index contributed by atoms with van der Waals surface area (Å²) in [6.45, 7) is 9.33. The first-order chi connectivity index (χ1) is 12.9. The van der Waals surface area contributed by atoms with Crippen LogP contribution in [0.25, 0.3) is 0 Å². The molecule has 1 aliphatic heterocycles. The van der Waals surface area contributed by atoms with Crippen LogP contribution in [-0.2, 0) is 0 Å². The van der Waals surface area contributed by atoms with Crippen molar-refractivity contribution in [2.75, 3.05) is 19.3 Å². The minimum Gasteiger partial charge on any atom is -0.384 e. The number of nitrogens with zero attached hydrogens (tertiary/aromatic N) is 2. The molecule has 1 saturated heterocycles. The Kier molecular flexibility index (Phi) is 5.80. The molecule has 0 spiro atoms. The second-order valence-electron chi connectivity index (χ2n) is 7.69. The number of pyridine rings is 1. The van der Waals surface area contributed by atoms with Gasteiger partial charge in [-0.3, -0.25) is 4.90 Å². The number of anilines is 1. The third-order valence-electron chi connectivity index (χ3n) is 5.37. The van der Waals surface area contributed by atoms with Crippen LogP contribution in [-0.4, -0.2) is 29.5 Å². The number of rotatable bonds is 6. The van der Waals surface area contributed by atoms with E-state index in [1.165, 1.54) is 0 Å². The number of nitrogen functional groups attached to an aromatic ring is 1. The van der Waals surface area contributed by atoms with Gasteiger partial charge in [0.15, 0.2) is 0 Å².